The molecule has 5 nitrogen and oxygen atoms in total. The van der Waals surface area contributed by atoms with E-state index in [4.69, 9.17) is 10.7 Å². The molecule has 1 aliphatic heterocycles. The number of nitrogens with zero attached hydrogens (tertiary/aromatic N) is 1. The molecular weight excluding hydrogens is 250 g/mol. The van der Waals surface area contributed by atoms with E-state index >= 15 is 0 Å². The van der Waals surface area contributed by atoms with E-state index in [1.807, 2.05) is 0 Å². The number of rotatable bonds is 2. The van der Waals surface area contributed by atoms with Crippen LogP contribution in [-0.2, 0) is 19.1 Å². The molecule has 84 valence electrons. The lowest BCUT2D eigenvalue weighted by molar-refractivity contribution is 0.349. The van der Waals surface area contributed by atoms with Gasteiger partial charge in [-0.2, -0.15) is 0 Å². The van der Waals surface area contributed by atoms with Gasteiger partial charge in [0.15, 0.2) is 0 Å². The van der Waals surface area contributed by atoms with E-state index in [9.17, 15) is 16.8 Å². The van der Waals surface area contributed by atoms with Crippen molar-refractivity contribution in [2.75, 3.05) is 19.3 Å². The summed E-state index contributed by atoms with van der Waals surface area (Å²) < 4.78 is 45.3. The minimum absolute atomic E-state index is 0.232. The summed E-state index contributed by atoms with van der Waals surface area (Å²) in [5.41, 5.74) is 0. The monoisotopic (exact) mass is 261 g/mol. The van der Waals surface area contributed by atoms with E-state index in [1.165, 1.54) is 4.31 Å². The summed E-state index contributed by atoms with van der Waals surface area (Å²) in [6.07, 6.45) is 1.67. The molecule has 0 radical (unpaired) electrons. The number of hydrogen-bond acceptors (Lipinski definition) is 4. The third-order valence-electron chi connectivity index (χ3n) is 2.27. The molecule has 14 heavy (non-hydrogen) atoms. The normalized spacial score (nSPS) is 22.4. The summed E-state index contributed by atoms with van der Waals surface area (Å²) in [6, 6.07) is 0. The molecule has 0 aromatic heterocycles. The van der Waals surface area contributed by atoms with Crippen molar-refractivity contribution in [3.05, 3.63) is 0 Å². The zero-order valence-electron chi connectivity index (χ0n) is 7.68. The molecule has 0 atom stereocenters. The van der Waals surface area contributed by atoms with Crippen molar-refractivity contribution in [2.45, 2.75) is 18.1 Å². The van der Waals surface area contributed by atoms with Crippen LogP contribution >= 0.6 is 10.7 Å². The first-order valence-electron chi connectivity index (χ1n) is 4.10. The van der Waals surface area contributed by atoms with E-state index in [0.29, 0.717) is 0 Å². The van der Waals surface area contributed by atoms with Gasteiger partial charge in [0.25, 0.3) is 0 Å². The Bertz CT molecular complexity index is 354. The average Bonchev–Trinajstić information content (AvgIpc) is 2.01. The Kier molecular flexibility index (Phi) is 3.45. The molecule has 0 spiro atoms. The molecule has 1 rings (SSSR count). The van der Waals surface area contributed by atoms with Gasteiger partial charge in [-0.3, -0.25) is 0 Å². The van der Waals surface area contributed by atoms with Crippen molar-refractivity contribution < 1.29 is 16.8 Å². The molecule has 0 amide bonds. The van der Waals surface area contributed by atoms with Gasteiger partial charge in [0, 0.05) is 23.8 Å². The molecule has 0 aromatic rings. The van der Waals surface area contributed by atoms with Crippen LogP contribution in [-0.4, -0.2) is 45.7 Å². The maximum absolute atomic E-state index is 11.1. The maximum Gasteiger partial charge on any atom is 0.235 e. The third-order valence-corrected chi connectivity index (χ3v) is 5.59. The molecule has 1 aliphatic rings. The van der Waals surface area contributed by atoms with Gasteiger partial charge in [-0.15, -0.1) is 0 Å². The van der Waals surface area contributed by atoms with Crippen LogP contribution < -0.4 is 0 Å². The molecule has 0 N–H and O–H groups in total. The largest absolute Gasteiger partial charge is 0.235 e. The first-order chi connectivity index (χ1) is 6.21. The molecule has 1 saturated heterocycles. The summed E-state index contributed by atoms with van der Waals surface area (Å²) in [5, 5.41) is -0.609. The van der Waals surface area contributed by atoms with Crippen LogP contribution in [0.1, 0.15) is 12.8 Å². The van der Waals surface area contributed by atoms with Gasteiger partial charge >= 0.3 is 0 Å². The molecule has 0 saturated carbocycles. The molecular formula is C6H12ClNO4S2. The highest BCUT2D eigenvalue weighted by molar-refractivity contribution is 8.14. The predicted molar refractivity (Wildman–Crippen MR) is 54.2 cm³/mol. The van der Waals surface area contributed by atoms with Crippen LogP contribution in [0.2, 0.25) is 0 Å². The van der Waals surface area contributed by atoms with Gasteiger partial charge in [0.2, 0.25) is 19.1 Å². The van der Waals surface area contributed by atoms with Crippen molar-refractivity contribution in [3.8, 4) is 0 Å². The third kappa shape index (κ3) is 3.08. The molecule has 0 aliphatic carbocycles. The lowest BCUT2D eigenvalue weighted by atomic mass is 10.2. The first-order valence-corrected chi connectivity index (χ1v) is 8.32. The lowest BCUT2D eigenvalue weighted by Crippen LogP contribution is -2.41. The van der Waals surface area contributed by atoms with E-state index < -0.39 is 24.3 Å². The van der Waals surface area contributed by atoms with Gasteiger partial charge in [0.05, 0.1) is 11.5 Å². The quantitative estimate of drug-likeness (QED) is 0.655. The molecule has 1 heterocycles. The minimum atomic E-state index is -3.54. The zero-order valence-corrected chi connectivity index (χ0v) is 10.1. The Labute approximate surface area is 88.5 Å². The highest BCUT2D eigenvalue weighted by atomic mass is 35.7. The Hall–Kier alpha value is 0.150. The summed E-state index contributed by atoms with van der Waals surface area (Å²) in [7, 11) is -1.57. The van der Waals surface area contributed by atoms with Gasteiger partial charge in [-0.05, 0) is 12.8 Å². The van der Waals surface area contributed by atoms with E-state index in [-0.39, 0.29) is 25.9 Å². The van der Waals surface area contributed by atoms with Crippen LogP contribution in [0.15, 0.2) is 0 Å². The van der Waals surface area contributed by atoms with E-state index in [2.05, 4.69) is 0 Å². The fourth-order valence-electron chi connectivity index (χ4n) is 1.45. The molecule has 0 unspecified atom stereocenters. The van der Waals surface area contributed by atoms with Crippen LogP contribution in [0.4, 0.5) is 0 Å². The Morgan fingerprint density at radius 2 is 1.57 bits per heavy atom. The zero-order chi connectivity index (χ0) is 11.0. The van der Waals surface area contributed by atoms with E-state index in [1.54, 1.807) is 0 Å². The standard InChI is InChI=1S/C6H12ClNO4S2/c1-13(9,10)8-4-2-6(3-5-8)14(7,11)12/h6H,2-5H2,1H3. The fraction of sp³-hybridized carbons (Fsp3) is 1.00. The molecule has 8 heteroatoms. The van der Waals surface area contributed by atoms with Gasteiger partial charge in [0.1, 0.15) is 0 Å². The number of piperidine rings is 1. The van der Waals surface area contributed by atoms with Crippen molar-refractivity contribution in [1.29, 1.82) is 0 Å². The number of hydrogen-bond donors (Lipinski definition) is 0. The van der Waals surface area contributed by atoms with Crippen LogP contribution in [0.5, 0.6) is 0 Å². The second-order valence-corrected chi connectivity index (χ2v) is 8.23. The van der Waals surface area contributed by atoms with Gasteiger partial charge < -0.3 is 0 Å². The highest BCUT2D eigenvalue weighted by Gasteiger charge is 2.31. The summed E-state index contributed by atoms with van der Waals surface area (Å²) in [5.74, 6) is 0. The first kappa shape index (κ1) is 12.2. The van der Waals surface area contributed by atoms with Crippen molar-refractivity contribution >= 4 is 29.8 Å². The van der Waals surface area contributed by atoms with Crippen LogP contribution in [0.25, 0.3) is 0 Å². The van der Waals surface area contributed by atoms with Crippen LogP contribution in [0, 0.1) is 0 Å². The fourth-order valence-corrected chi connectivity index (χ4v) is 3.63. The summed E-state index contributed by atoms with van der Waals surface area (Å²) in [4.78, 5) is 0. The predicted octanol–water partition coefficient (Wildman–Crippen LogP) is -0.0210. The molecule has 1 fully saturated rings. The smallest absolute Gasteiger partial charge is 0.213 e. The minimum Gasteiger partial charge on any atom is -0.213 e. The van der Waals surface area contributed by atoms with Crippen LogP contribution in [0.3, 0.4) is 0 Å². The van der Waals surface area contributed by atoms with Crippen molar-refractivity contribution in [2.24, 2.45) is 0 Å². The molecule has 0 aromatic carbocycles. The topological polar surface area (TPSA) is 71.5 Å². The summed E-state index contributed by atoms with van der Waals surface area (Å²) in [6.45, 7) is 0.463. The van der Waals surface area contributed by atoms with Crippen molar-refractivity contribution in [1.82, 2.24) is 4.31 Å². The highest BCUT2D eigenvalue weighted by Crippen LogP contribution is 2.21. The molecule has 0 bridgehead atoms. The average molecular weight is 262 g/mol. The Balaban J connectivity index is 2.65. The maximum atomic E-state index is 11.1. The van der Waals surface area contributed by atoms with Gasteiger partial charge in [-0.25, -0.2) is 21.1 Å². The van der Waals surface area contributed by atoms with Gasteiger partial charge in [-0.1, -0.05) is 0 Å². The second kappa shape index (κ2) is 3.96. The van der Waals surface area contributed by atoms with Crippen molar-refractivity contribution in [3.63, 3.8) is 0 Å². The number of sulfonamides is 1. The van der Waals surface area contributed by atoms with E-state index in [0.717, 1.165) is 6.26 Å². The second-order valence-electron chi connectivity index (χ2n) is 3.34. The Morgan fingerprint density at radius 1 is 1.14 bits per heavy atom. The lowest BCUT2D eigenvalue weighted by Gasteiger charge is -2.28. The number of halogens is 1. The Morgan fingerprint density at radius 3 is 1.86 bits per heavy atom. The summed E-state index contributed by atoms with van der Waals surface area (Å²) >= 11 is 0. The SMILES string of the molecule is CS(=O)(=O)N1CCC(S(=O)(=O)Cl)CC1.